The van der Waals surface area contributed by atoms with Crippen molar-refractivity contribution < 1.29 is 0 Å². The summed E-state index contributed by atoms with van der Waals surface area (Å²) in [5.41, 5.74) is 1.36. The van der Waals surface area contributed by atoms with Gasteiger partial charge in [-0.05, 0) is 42.6 Å². The highest BCUT2D eigenvalue weighted by Gasteiger charge is 2.15. The summed E-state index contributed by atoms with van der Waals surface area (Å²) in [7, 11) is 0. The van der Waals surface area contributed by atoms with Gasteiger partial charge in [0, 0.05) is 15.0 Å². The van der Waals surface area contributed by atoms with Crippen LogP contribution in [0, 0.1) is 5.92 Å². The van der Waals surface area contributed by atoms with Crippen molar-refractivity contribution in [3.63, 3.8) is 0 Å². The van der Waals surface area contributed by atoms with Crippen LogP contribution in [-0.2, 0) is 0 Å². The van der Waals surface area contributed by atoms with E-state index < -0.39 is 0 Å². The highest BCUT2D eigenvalue weighted by Crippen LogP contribution is 2.28. The third kappa shape index (κ3) is 5.41. The Morgan fingerprint density at radius 2 is 1.72 bits per heavy atom. The number of nitrogens with one attached hydrogen (secondary N) is 1. The van der Waals surface area contributed by atoms with Crippen LogP contribution in [0.3, 0.4) is 0 Å². The number of hydrogen-bond acceptors (Lipinski definition) is 1. The monoisotopic (exact) mass is 375 g/mol. The van der Waals surface area contributed by atoms with Gasteiger partial charge >= 0.3 is 0 Å². The summed E-state index contributed by atoms with van der Waals surface area (Å²) in [4.78, 5) is 0. The van der Waals surface area contributed by atoms with Crippen LogP contribution >= 0.6 is 31.9 Å². The molecule has 3 heteroatoms. The van der Waals surface area contributed by atoms with E-state index in [1.165, 1.54) is 24.8 Å². The summed E-state index contributed by atoms with van der Waals surface area (Å²) in [6.07, 6.45) is 3.77. The van der Waals surface area contributed by atoms with Gasteiger partial charge in [-0.15, -0.1) is 0 Å². The van der Waals surface area contributed by atoms with Crippen LogP contribution < -0.4 is 5.32 Å². The summed E-state index contributed by atoms with van der Waals surface area (Å²) < 4.78 is 2.27. The Balaban J connectivity index is 2.82. The molecule has 0 saturated heterocycles. The maximum absolute atomic E-state index is 3.60. The van der Waals surface area contributed by atoms with Crippen LogP contribution in [0.25, 0.3) is 0 Å². The predicted molar refractivity (Wildman–Crippen MR) is 86.9 cm³/mol. The molecule has 0 fully saturated rings. The van der Waals surface area contributed by atoms with Gasteiger partial charge in [0.25, 0.3) is 0 Å². The maximum Gasteiger partial charge on any atom is 0.0323 e. The first kappa shape index (κ1) is 16.2. The lowest BCUT2D eigenvalue weighted by Crippen LogP contribution is -2.23. The van der Waals surface area contributed by atoms with Gasteiger partial charge in [-0.3, -0.25) is 0 Å². The summed E-state index contributed by atoms with van der Waals surface area (Å²) in [6.45, 7) is 7.79. The molecule has 2 atom stereocenters. The molecule has 18 heavy (non-hydrogen) atoms. The minimum Gasteiger partial charge on any atom is -0.310 e. The van der Waals surface area contributed by atoms with E-state index in [0.29, 0.717) is 6.04 Å². The Morgan fingerprint density at radius 1 is 1.11 bits per heavy atom. The van der Waals surface area contributed by atoms with Gasteiger partial charge in [0.05, 0.1) is 0 Å². The molecule has 0 aromatic heterocycles. The molecule has 102 valence electrons. The summed E-state index contributed by atoms with van der Waals surface area (Å²) in [5.74, 6) is 0.761. The smallest absolute Gasteiger partial charge is 0.0323 e. The topological polar surface area (TPSA) is 12.0 Å². The average molecular weight is 377 g/mol. The minimum atomic E-state index is 0.449. The zero-order valence-electron chi connectivity index (χ0n) is 11.5. The molecule has 0 aliphatic heterocycles. The van der Waals surface area contributed by atoms with E-state index in [0.717, 1.165) is 21.4 Å². The van der Waals surface area contributed by atoms with Crippen molar-refractivity contribution in [3.8, 4) is 0 Å². The molecule has 2 unspecified atom stereocenters. The standard InChI is InChI=1S/C15H23Br2N/c1-4-6-11(3)7-15(18-5-2)12-8-13(16)10-14(17)9-12/h8-11,15,18H,4-7H2,1-3H3. The van der Waals surface area contributed by atoms with E-state index in [2.05, 4.69) is 76.1 Å². The Hall–Kier alpha value is 0.140. The number of benzene rings is 1. The van der Waals surface area contributed by atoms with Gasteiger partial charge in [-0.25, -0.2) is 0 Å². The lowest BCUT2D eigenvalue weighted by molar-refractivity contribution is 0.395. The third-order valence-corrected chi connectivity index (χ3v) is 4.07. The van der Waals surface area contributed by atoms with Gasteiger partial charge in [0.2, 0.25) is 0 Å². The van der Waals surface area contributed by atoms with Crippen LogP contribution in [0.15, 0.2) is 27.1 Å². The van der Waals surface area contributed by atoms with E-state index in [1.54, 1.807) is 0 Å². The Bertz CT molecular complexity index is 345. The van der Waals surface area contributed by atoms with Crippen molar-refractivity contribution in [2.75, 3.05) is 6.54 Å². The fourth-order valence-corrected chi connectivity index (χ4v) is 3.70. The molecule has 1 rings (SSSR count). The zero-order chi connectivity index (χ0) is 13.5. The highest BCUT2D eigenvalue weighted by atomic mass is 79.9. The van der Waals surface area contributed by atoms with Crippen molar-refractivity contribution in [1.82, 2.24) is 5.32 Å². The van der Waals surface area contributed by atoms with Crippen molar-refractivity contribution in [1.29, 1.82) is 0 Å². The predicted octanol–water partition coefficient (Wildman–Crippen LogP) is 5.69. The van der Waals surface area contributed by atoms with Gasteiger partial charge in [0.15, 0.2) is 0 Å². The fraction of sp³-hybridized carbons (Fsp3) is 0.600. The Morgan fingerprint density at radius 3 is 2.22 bits per heavy atom. The largest absolute Gasteiger partial charge is 0.310 e. The van der Waals surface area contributed by atoms with E-state index in [1.807, 2.05) is 0 Å². The van der Waals surface area contributed by atoms with Crippen LogP contribution in [0.5, 0.6) is 0 Å². The van der Waals surface area contributed by atoms with E-state index in [-0.39, 0.29) is 0 Å². The van der Waals surface area contributed by atoms with Crippen molar-refractivity contribution in [3.05, 3.63) is 32.7 Å². The first-order chi connectivity index (χ1) is 8.56. The molecular formula is C15H23Br2N. The third-order valence-electron chi connectivity index (χ3n) is 3.16. The minimum absolute atomic E-state index is 0.449. The lowest BCUT2D eigenvalue weighted by Gasteiger charge is -2.22. The summed E-state index contributed by atoms with van der Waals surface area (Å²) >= 11 is 7.14. The summed E-state index contributed by atoms with van der Waals surface area (Å²) in [5, 5.41) is 3.60. The van der Waals surface area contributed by atoms with Crippen LogP contribution in [-0.4, -0.2) is 6.54 Å². The zero-order valence-corrected chi connectivity index (χ0v) is 14.6. The van der Waals surface area contributed by atoms with Crippen molar-refractivity contribution in [2.24, 2.45) is 5.92 Å². The molecule has 0 aliphatic carbocycles. The van der Waals surface area contributed by atoms with Gasteiger partial charge in [0.1, 0.15) is 0 Å². The first-order valence-electron chi connectivity index (χ1n) is 6.76. The van der Waals surface area contributed by atoms with Gasteiger partial charge in [-0.1, -0.05) is 65.5 Å². The first-order valence-corrected chi connectivity index (χ1v) is 8.34. The molecule has 0 spiro atoms. The molecule has 0 bridgehead atoms. The van der Waals surface area contributed by atoms with Crippen LogP contribution in [0.4, 0.5) is 0 Å². The second-order valence-corrected chi connectivity index (χ2v) is 6.77. The summed E-state index contributed by atoms with van der Waals surface area (Å²) in [6, 6.07) is 6.97. The van der Waals surface area contributed by atoms with Crippen molar-refractivity contribution >= 4 is 31.9 Å². The van der Waals surface area contributed by atoms with E-state index >= 15 is 0 Å². The average Bonchev–Trinajstić information content (AvgIpc) is 2.27. The van der Waals surface area contributed by atoms with Crippen LogP contribution in [0.2, 0.25) is 0 Å². The quantitative estimate of drug-likeness (QED) is 0.644. The van der Waals surface area contributed by atoms with Gasteiger partial charge in [-0.2, -0.15) is 0 Å². The maximum atomic E-state index is 3.60. The van der Waals surface area contributed by atoms with E-state index in [9.17, 15) is 0 Å². The molecule has 0 heterocycles. The normalized spacial score (nSPS) is 14.5. The van der Waals surface area contributed by atoms with Crippen molar-refractivity contribution in [2.45, 2.75) is 46.1 Å². The molecular weight excluding hydrogens is 354 g/mol. The number of rotatable bonds is 7. The fourth-order valence-electron chi connectivity index (χ4n) is 2.37. The Kier molecular flexibility index (Phi) is 7.50. The van der Waals surface area contributed by atoms with E-state index in [4.69, 9.17) is 0 Å². The molecule has 1 N–H and O–H groups in total. The molecule has 1 aromatic carbocycles. The molecule has 0 saturated carbocycles. The van der Waals surface area contributed by atoms with Gasteiger partial charge < -0.3 is 5.32 Å². The lowest BCUT2D eigenvalue weighted by atomic mass is 9.93. The molecule has 0 amide bonds. The molecule has 0 radical (unpaired) electrons. The SMILES string of the molecule is CCCC(C)CC(NCC)c1cc(Br)cc(Br)c1. The molecule has 1 nitrogen and oxygen atoms in total. The number of hydrogen-bond donors (Lipinski definition) is 1. The molecule has 1 aromatic rings. The Labute approximate surface area is 128 Å². The molecule has 0 aliphatic rings. The number of halogens is 2. The second kappa shape index (κ2) is 8.34. The highest BCUT2D eigenvalue weighted by molar-refractivity contribution is 9.11. The van der Waals surface area contributed by atoms with Crippen LogP contribution in [0.1, 0.15) is 51.6 Å². The second-order valence-electron chi connectivity index (χ2n) is 4.94.